The summed E-state index contributed by atoms with van der Waals surface area (Å²) in [4.78, 5) is 13.5. The van der Waals surface area contributed by atoms with Gasteiger partial charge in [0.1, 0.15) is 23.3 Å². The Morgan fingerprint density at radius 3 is 2.91 bits per heavy atom. The van der Waals surface area contributed by atoms with Crippen LogP contribution in [0.15, 0.2) is 24.5 Å². The van der Waals surface area contributed by atoms with Crippen LogP contribution >= 0.6 is 0 Å². The monoisotopic (exact) mass is 437 g/mol. The van der Waals surface area contributed by atoms with Crippen LogP contribution in [0.4, 0.5) is 10.3 Å². The predicted molar refractivity (Wildman–Crippen MR) is 119 cm³/mol. The molecule has 4 heterocycles. The standard InChI is InChI=1S/C23H28FN7O/c1-32-19-9-20-27-13-18(31(20)30-21(19)14-10-23(11-14)5-2-6-23)16-4-8-26-22(28-16)29-17-12-25-7-3-15(17)24/h4,8-9,13-15,17,25H,2-3,5-7,10-12H2,1H3,(H,26,28,29)/t15-,17-/m0/s1. The van der Waals surface area contributed by atoms with Gasteiger partial charge >= 0.3 is 0 Å². The SMILES string of the molecule is COc1cc2ncc(-c3ccnc(N[C@H]4CNCC[C@@H]4F)n3)n2nc1C1CC2(CCC2)C1. The summed E-state index contributed by atoms with van der Waals surface area (Å²) in [5.74, 6) is 1.64. The van der Waals surface area contributed by atoms with Crippen LogP contribution in [0.5, 0.6) is 5.75 Å². The third-order valence-corrected chi connectivity index (χ3v) is 7.49. The summed E-state index contributed by atoms with van der Waals surface area (Å²) in [5, 5.41) is 11.3. The maximum Gasteiger partial charge on any atom is 0.223 e. The number of methoxy groups -OCH3 is 1. The molecule has 2 atom stereocenters. The van der Waals surface area contributed by atoms with Crippen LogP contribution < -0.4 is 15.4 Å². The molecule has 0 amide bonds. The predicted octanol–water partition coefficient (Wildman–Crippen LogP) is 3.35. The van der Waals surface area contributed by atoms with Crippen LogP contribution in [0, 0.1) is 5.41 Å². The lowest BCUT2D eigenvalue weighted by Crippen LogP contribution is -2.46. The van der Waals surface area contributed by atoms with Crippen LogP contribution in [-0.2, 0) is 0 Å². The highest BCUT2D eigenvalue weighted by Gasteiger charge is 2.49. The van der Waals surface area contributed by atoms with Gasteiger partial charge in [0.2, 0.25) is 5.95 Å². The molecule has 1 saturated heterocycles. The number of nitrogens with zero attached hydrogens (tertiary/aromatic N) is 5. The number of piperidine rings is 1. The zero-order chi connectivity index (χ0) is 21.7. The minimum absolute atomic E-state index is 0.340. The van der Waals surface area contributed by atoms with Crippen molar-refractivity contribution in [2.24, 2.45) is 5.41 Å². The van der Waals surface area contributed by atoms with Gasteiger partial charge in [-0.3, -0.25) is 0 Å². The zero-order valence-corrected chi connectivity index (χ0v) is 18.2. The second-order valence-electron chi connectivity index (χ2n) is 9.50. The van der Waals surface area contributed by atoms with E-state index in [0.29, 0.717) is 48.1 Å². The topological polar surface area (TPSA) is 89.3 Å². The number of aromatic nitrogens is 5. The normalized spacial score (nSPS) is 24.8. The lowest BCUT2D eigenvalue weighted by Gasteiger charge is -2.54. The smallest absolute Gasteiger partial charge is 0.223 e. The molecular formula is C23H28FN7O. The first-order chi connectivity index (χ1) is 15.6. The first-order valence-electron chi connectivity index (χ1n) is 11.5. The average molecular weight is 438 g/mol. The molecule has 0 bridgehead atoms. The summed E-state index contributed by atoms with van der Waals surface area (Å²) in [6.07, 6.45) is 9.44. The maximum atomic E-state index is 14.2. The molecule has 2 aliphatic carbocycles. The van der Waals surface area contributed by atoms with Crippen molar-refractivity contribution < 1.29 is 9.13 Å². The van der Waals surface area contributed by atoms with Crippen LogP contribution in [0.25, 0.3) is 17.0 Å². The lowest BCUT2D eigenvalue weighted by molar-refractivity contribution is 0.00648. The van der Waals surface area contributed by atoms with Crippen molar-refractivity contribution in [3.8, 4) is 17.1 Å². The van der Waals surface area contributed by atoms with Crippen molar-refractivity contribution in [3.05, 3.63) is 30.2 Å². The van der Waals surface area contributed by atoms with Gasteiger partial charge in [-0.1, -0.05) is 6.42 Å². The van der Waals surface area contributed by atoms with Crippen molar-refractivity contribution in [1.82, 2.24) is 29.9 Å². The minimum Gasteiger partial charge on any atom is -0.495 e. The second kappa shape index (κ2) is 7.65. The van der Waals surface area contributed by atoms with E-state index in [-0.39, 0.29) is 6.04 Å². The van der Waals surface area contributed by atoms with E-state index in [1.807, 2.05) is 16.6 Å². The van der Waals surface area contributed by atoms with Crippen LogP contribution in [0.3, 0.4) is 0 Å². The molecule has 0 unspecified atom stereocenters. The van der Waals surface area contributed by atoms with Gasteiger partial charge in [0.05, 0.1) is 25.0 Å². The van der Waals surface area contributed by atoms with E-state index in [2.05, 4.69) is 25.6 Å². The Labute approximate surface area is 186 Å². The molecular weight excluding hydrogens is 409 g/mol. The highest BCUT2D eigenvalue weighted by atomic mass is 19.1. The van der Waals surface area contributed by atoms with Gasteiger partial charge in [0, 0.05) is 24.7 Å². The second-order valence-corrected chi connectivity index (χ2v) is 9.50. The molecule has 6 rings (SSSR count). The van der Waals surface area contributed by atoms with Gasteiger partial charge in [-0.25, -0.2) is 23.9 Å². The fourth-order valence-electron chi connectivity index (χ4n) is 5.50. The summed E-state index contributed by atoms with van der Waals surface area (Å²) in [7, 11) is 1.69. The van der Waals surface area contributed by atoms with E-state index in [4.69, 9.17) is 9.84 Å². The summed E-state index contributed by atoms with van der Waals surface area (Å²) in [6, 6.07) is 3.45. The number of halogens is 1. The Hall–Kier alpha value is -2.81. The summed E-state index contributed by atoms with van der Waals surface area (Å²) < 4.78 is 21.7. The Morgan fingerprint density at radius 1 is 1.28 bits per heavy atom. The van der Waals surface area contributed by atoms with Crippen molar-refractivity contribution in [2.75, 3.05) is 25.5 Å². The van der Waals surface area contributed by atoms with Crippen molar-refractivity contribution in [2.45, 2.75) is 56.7 Å². The largest absolute Gasteiger partial charge is 0.495 e. The van der Waals surface area contributed by atoms with E-state index >= 15 is 0 Å². The third kappa shape index (κ3) is 3.30. The zero-order valence-electron chi connectivity index (χ0n) is 18.2. The van der Waals surface area contributed by atoms with Crippen LogP contribution in [0.1, 0.15) is 50.1 Å². The number of anilines is 1. The van der Waals surface area contributed by atoms with Gasteiger partial charge in [-0.15, -0.1) is 0 Å². The van der Waals surface area contributed by atoms with Gasteiger partial charge in [0.25, 0.3) is 0 Å². The highest BCUT2D eigenvalue weighted by molar-refractivity contribution is 5.61. The van der Waals surface area contributed by atoms with E-state index in [1.54, 1.807) is 19.5 Å². The number of fused-ring (bicyclic) bond motifs is 1. The number of nitrogens with one attached hydrogen (secondary N) is 2. The molecule has 0 aromatic carbocycles. The number of rotatable bonds is 5. The number of alkyl halides is 1. The van der Waals surface area contributed by atoms with Crippen LogP contribution in [-0.4, -0.2) is 57.0 Å². The number of ether oxygens (including phenoxy) is 1. The molecule has 3 aromatic heterocycles. The molecule has 0 radical (unpaired) electrons. The lowest BCUT2D eigenvalue weighted by atomic mass is 9.51. The molecule has 9 heteroatoms. The Bertz CT molecular complexity index is 1140. The molecule has 8 nitrogen and oxygen atoms in total. The van der Waals surface area contributed by atoms with E-state index in [1.165, 1.54) is 32.1 Å². The van der Waals surface area contributed by atoms with Gasteiger partial charge in [-0.05, 0) is 50.1 Å². The maximum absolute atomic E-state index is 14.2. The molecule has 3 aromatic rings. The van der Waals surface area contributed by atoms with Crippen molar-refractivity contribution in [3.63, 3.8) is 0 Å². The fourth-order valence-corrected chi connectivity index (χ4v) is 5.50. The first-order valence-corrected chi connectivity index (χ1v) is 11.5. The third-order valence-electron chi connectivity index (χ3n) is 7.49. The Balaban J connectivity index is 1.31. The summed E-state index contributed by atoms with van der Waals surface area (Å²) in [6.45, 7) is 1.25. The quantitative estimate of drug-likeness (QED) is 0.633. The fraction of sp³-hybridized carbons (Fsp3) is 0.565. The van der Waals surface area contributed by atoms with Gasteiger partial charge in [-0.2, -0.15) is 5.10 Å². The van der Waals surface area contributed by atoms with Crippen molar-refractivity contribution >= 4 is 11.6 Å². The van der Waals surface area contributed by atoms with E-state index in [9.17, 15) is 4.39 Å². The highest BCUT2D eigenvalue weighted by Crippen LogP contribution is 2.62. The molecule has 2 N–H and O–H groups in total. The molecule has 32 heavy (non-hydrogen) atoms. The van der Waals surface area contributed by atoms with E-state index < -0.39 is 6.17 Å². The van der Waals surface area contributed by atoms with E-state index in [0.717, 1.165) is 17.1 Å². The Kier molecular flexibility index (Phi) is 4.74. The molecule has 2 saturated carbocycles. The van der Waals surface area contributed by atoms with Gasteiger partial charge < -0.3 is 15.4 Å². The Morgan fingerprint density at radius 2 is 2.16 bits per heavy atom. The van der Waals surface area contributed by atoms with Gasteiger partial charge in [0.15, 0.2) is 5.65 Å². The first kappa shape index (κ1) is 19.8. The minimum atomic E-state index is -0.919. The molecule has 168 valence electrons. The molecule has 3 aliphatic rings. The molecule has 3 fully saturated rings. The number of hydrogen-bond acceptors (Lipinski definition) is 7. The number of imidazole rings is 1. The summed E-state index contributed by atoms with van der Waals surface area (Å²) >= 11 is 0. The average Bonchev–Trinajstić information content (AvgIpc) is 3.16. The van der Waals surface area contributed by atoms with Crippen LogP contribution in [0.2, 0.25) is 0 Å². The molecule has 1 spiro atoms. The number of hydrogen-bond donors (Lipinski definition) is 2. The van der Waals surface area contributed by atoms with Crippen molar-refractivity contribution in [1.29, 1.82) is 0 Å². The molecule has 1 aliphatic heterocycles. The summed E-state index contributed by atoms with van der Waals surface area (Å²) in [5.41, 5.74) is 3.75.